The lowest BCUT2D eigenvalue weighted by molar-refractivity contribution is 0.0951. The summed E-state index contributed by atoms with van der Waals surface area (Å²) in [6, 6.07) is 16.1. The van der Waals surface area contributed by atoms with E-state index in [1.54, 1.807) is 53.5 Å². The number of fused-ring (bicyclic) bond motifs is 1. The van der Waals surface area contributed by atoms with E-state index >= 15 is 0 Å². The Morgan fingerprint density at radius 1 is 1.03 bits per heavy atom. The highest BCUT2D eigenvalue weighted by atomic mass is 16.1. The van der Waals surface area contributed by atoms with Crippen LogP contribution in [-0.4, -0.2) is 20.4 Å². The first-order chi connectivity index (χ1) is 14.6. The predicted octanol–water partition coefficient (Wildman–Crippen LogP) is 2.64. The summed E-state index contributed by atoms with van der Waals surface area (Å²) < 4.78 is 1.59. The van der Waals surface area contributed by atoms with E-state index in [1.165, 1.54) is 6.33 Å². The molecule has 0 atom stereocenters. The normalized spacial score (nSPS) is 10.5. The first-order valence-electron chi connectivity index (χ1n) is 9.28. The van der Waals surface area contributed by atoms with Crippen molar-refractivity contribution in [2.45, 2.75) is 13.1 Å². The third-order valence-corrected chi connectivity index (χ3v) is 4.74. The van der Waals surface area contributed by atoms with Crippen LogP contribution >= 0.6 is 0 Å². The largest absolute Gasteiger partial charge is 0.348 e. The Kier molecular flexibility index (Phi) is 5.31. The van der Waals surface area contributed by atoms with E-state index in [2.05, 4.69) is 21.4 Å². The van der Waals surface area contributed by atoms with Crippen molar-refractivity contribution >= 4 is 16.7 Å². The van der Waals surface area contributed by atoms with Gasteiger partial charge in [-0.2, -0.15) is 5.26 Å². The maximum atomic E-state index is 13.0. The smallest absolute Gasteiger partial charge is 0.258 e. The number of aromatic nitrogens is 3. The molecule has 4 rings (SSSR count). The third-order valence-electron chi connectivity index (χ3n) is 4.74. The summed E-state index contributed by atoms with van der Waals surface area (Å²) in [6.45, 7) is 0.681. The molecule has 30 heavy (non-hydrogen) atoms. The molecule has 2 heterocycles. The topological polar surface area (TPSA) is 101 Å². The second kappa shape index (κ2) is 8.37. The van der Waals surface area contributed by atoms with Gasteiger partial charge in [-0.25, -0.2) is 9.97 Å². The molecule has 1 N–H and O–H groups in total. The molecule has 146 valence electrons. The monoisotopic (exact) mass is 395 g/mol. The van der Waals surface area contributed by atoms with Gasteiger partial charge < -0.3 is 9.88 Å². The molecule has 0 unspecified atom stereocenters. The van der Waals surface area contributed by atoms with Crippen LogP contribution in [0.3, 0.4) is 0 Å². The lowest BCUT2D eigenvalue weighted by atomic mass is 10.1. The zero-order chi connectivity index (χ0) is 20.9. The molecule has 7 nitrogen and oxygen atoms in total. The van der Waals surface area contributed by atoms with Gasteiger partial charge in [-0.1, -0.05) is 18.2 Å². The van der Waals surface area contributed by atoms with Crippen molar-refractivity contribution in [1.82, 2.24) is 19.9 Å². The first kappa shape index (κ1) is 19.0. The Labute approximate surface area is 172 Å². The highest BCUT2D eigenvalue weighted by molar-refractivity contribution is 5.98. The van der Waals surface area contributed by atoms with E-state index in [1.807, 2.05) is 18.2 Å². The molecule has 0 fully saturated rings. The number of nitrogens with one attached hydrogen (secondary N) is 1. The van der Waals surface area contributed by atoms with Crippen LogP contribution in [0.15, 0.2) is 78.2 Å². The Hall–Kier alpha value is -4.31. The summed E-state index contributed by atoms with van der Waals surface area (Å²) in [5.41, 5.74) is 2.50. The summed E-state index contributed by atoms with van der Waals surface area (Å²) in [6.07, 6.45) is 6.43. The molecular formula is C23H17N5O2. The molecule has 0 saturated carbocycles. The van der Waals surface area contributed by atoms with Gasteiger partial charge in [-0.15, -0.1) is 0 Å². The number of carbonyl (C=O) groups is 1. The van der Waals surface area contributed by atoms with E-state index < -0.39 is 0 Å². The van der Waals surface area contributed by atoms with Crippen molar-refractivity contribution in [3.05, 3.63) is 106 Å². The molecule has 0 aliphatic heterocycles. The first-order valence-corrected chi connectivity index (χ1v) is 9.28. The van der Waals surface area contributed by atoms with Crippen LogP contribution in [0.25, 0.3) is 10.8 Å². The van der Waals surface area contributed by atoms with E-state index in [0.29, 0.717) is 29.6 Å². The molecule has 2 aromatic heterocycles. The summed E-state index contributed by atoms with van der Waals surface area (Å²) in [4.78, 5) is 33.3. The van der Waals surface area contributed by atoms with Gasteiger partial charge in [0.1, 0.15) is 6.33 Å². The Bertz CT molecular complexity index is 1310. The van der Waals surface area contributed by atoms with Crippen molar-refractivity contribution in [2.24, 2.45) is 0 Å². The van der Waals surface area contributed by atoms with Crippen molar-refractivity contribution in [3.63, 3.8) is 0 Å². The fourth-order valence-corrected chi connectivity index (χ4v) is 3.13. The molecule has 4 aromatic rings. The van der Waals surface area contributed by atoms with Crippen molar-refractivity contribution < 1.29 is 4.79 Å². The molecule has 7 heteroatoms. The molecule has 1 amide bonds. The molecule has 2 aromatic carbocycles. The van der Waals surface area contributed by atoms with Gasteiger partial charge in [0.15, 0.2) is 0 Å². The Balaban J connectivity index is 1.58. The zero-order valence-corrected chi connectivity index (χ0v) is 15.9. The van der Waals surface area contributed by atoms with Gasteiger partial charge in [0.2, 0.25) is 0 Å². The van der Waals surface area contributed by atoms with Gasteiger partial charge in [0.25, 0.3) is 11.5 Å². The van der Waals surface area contributed by atoms with Crippen LogP contribution in [0, 0.1) is 11.3 Å². The third kappa shape index (κ3) is 4.08. The molecule has 0 bridgehead atoms. The number of rotatable bonds is 5. The van der Waals surface area contributed by atoms with Gasteiger partial charge >= 0.3 is 0 Å². The number of benzene rings is 2. The van der Waals surface area contributed by atoms with Crippen LogP contribution in [0.5, 0.6) is 0 Å². The number of hydrogen-bond donors (Lipinski definition) is 1. The predicted molar refractivity (Wildman–Crippen MR) is 112 cm³/mol. The van der Waals surface area contributed by atoms with E-state index in [-0.39, 0.29) is 11.5 Å². The fourth-order valence-electron chi connectivity index (χ4n) is 3.13. The minimum atomic E-state index is -0.275. The second-order valence-electron chi connectivity index (χ2n) is 6.79. The number of hydrogen-bond acceptors (Lipinski definition) is 5. The zero-order valence-electron chi connectivity index (χ0n) is 15.9. The van der Waals surface area contributed by atoms with Crippen molar-refractivity contribution in [1.29, 1.82) is 5.26 Å². The summed E-state index contributed by atoms with van der Waals surface area (Å²) in [5.74, 6) is -0.275. The minimum Gasteiger partial charge on any atom is -0.348 e. The van der Waals surface area contributed by atoms with E-state index in [9.17, 15) is 9.59 Å². The highest BCUT2D eigenvalue weighted by Gasteiger charge is 2.10. The van der Waals surface area contributed by atoms with Crippen LogP contribution in [0.1, 0.15) is 27.0 Å². The number of amides is 1. The van der Waals surface area contributed by atoms with Crippen LogP contribution in [-0.2, 0) is 13.1 Å². The second-order valence-corrected chi connectivity index (χ2v) is 6.79. The average Bonchev–Trinajstić information content (AvgIpc) is 2.80. The molecule has 0 saturated heterocycles. The van der Waals surface area contributed by atoms with Gasteiger partial charge in [0, 0.05) is 41.6 Å². The summed E-state index contributed by atoms with van der Waals surface area (Å²) in [5, 5.41) is 13.0. The van der Waals surface area contributed by atoms with Crippen LogP contribution in [0.2, 0.25) is 0 Å². The van der Waals surface area contributed by atoms with Crippen molar-refractivity contribution in [3.8, 4) is 6.07 Å². The summed E-state index contributed by atoms with van der Waals surface area (Å²) in [7, 11) is 0. The highest BCUT2D eigenvalue weighted by Crippen LogP contribution is 2.14. The molecule has 0 aliphatic carbocycles. The van der Waals surface area contributed by atoms with Gasteiger partial charge in [-0.05, 0) is 41.3 Å². The van der Waals surface area contributed by atoms with Crippen molar-refractivity contribution in [2.75, 3.05) is 0 Å². The molecule has 0 spiro atoms. The standard InChI is InChI=1S/C23H17N5O2/c24-10-16-1-3-17(4-2-16)14-28-8-7-19-5-6-20(9-21(19)23(28)30)22(29)27-13-18-11-25-15-26-12-18/h1-9,11-12,15H,13-14H2,(H,27,29). The van der Waals surface area contributed by atoms with Crippen LogP contribution < -0.4 is 10.9 Å². The molecule has 0 aliphatic rings. The van der Waals surface area contributed by atoms with Gasteiger partial charge in [-0.3, -0.25) is 9.59 Å². The SMILES string of the molecule is N#Cc1ccc(Cn2ccc3ccc(C(=O)NCc4cncnc4)cc3c2=O)cc1. The fraction of sp³-hybridized carbons (Fsp3) is 0.0870. The summed E-state index contributed by atoms with van der Waals surface area (Å²) >= 11 is 0. The van der Waals surface area contributed by atoms with Crippen LogP contribution in [0.4, 0.5) is 0 Å². The minimum absolute atomic E-state index is 0.178. The molecule has 0 radical (unpaired) electrons. The molecular weight excluding hydrogens is 378 g/mol. The quantitative estimate of drug-likeness (QED) is 0.560. The number of pyridine rings is 1. The lowest BCUT2D eigenvalue weighted by Gasteiger charge is -2.09. The Morgan fingerprint density at radius 3 is 2.53 bits per heavy atom. The van der Waals surface area contributed by atoms with E-state index in [0.717, 1.165) is 16.5 Å². The maximum absolute atomic E-state index is 13.0. The van der Waals surface area contributed by atoms with E-state index in [4.69, 9.17) is 5.26 Å². The number of nitriles is 1. The average molecular weight is 395 g/mol. The Morgan fingerprint density at radius 2 is 1.80 bits per heavy atom. The number of carbonyl (C=O) groups excluding carboxylic acids is 1. The maximum Gasteiger partial charge on any atom is 0.258 e. The number of nitrogens with zero attached hydrogens (tertiary/aromatic N) is 4. The lowest BCUT2D eigenvalue weighted by Crippen LogP contribution is -2.24. The van der Waals surface area contributed by atoms with Gasteiger partial charge in [0.05, 0.1) is 18.2 Å².